The first-order chi connectivity index (χ1) is 6.86. The molecule has 0 atom stereocenters. The van der Waals surface area contributed by atoms with Gasteiger partial charge in [0, 0.05) is 0 Å². The summed E-state index contributed by atoms with van der Waals surface area (Å²) in [5.41, 5.74) is 1.05. The van der Waals surface area contributed by atoms with Crippen LogP contribution in [0, 0.1) is 11.8 Å². The predicted molar refractivity (Wildman–Crippen MR) is 56.9 cm³/mol. The molecule has 0 saturated heterocycles. The number of rotatable bonds is 2. The molecule has 0 amide bonds. The number of methoxy groups -OCH3 is 1. The maximum Gasteiger partial charge on any atom is 0.118 e. The average molecular weight is 188 g/mol. The van der Waals surface area contributed by atoms with Gasteiger partial charge in [0.05, 0.1) is 7.11 Å². The topological polar surface area (TPSA) is 29.5 Å². The lowest BCUT2D eigenvalue weighted by molar-refractivity contribution is 0.350. The third kappa shape index (κ3) is 3.34. The SMILES string of the molecule is COc1ccc(/C=C/C#CCO)cc1. The molecule has 2 nitrogen and oxygen atoms in total. The minimum absolute atomic E-state index is 0.104. The molecule has 1 aromatic carbocycles. The van der Waals surface area contributed by atoms with Crippen LogP contribution in [-0.2, 0) is 0 Å². The molecule has 0 radical (unpaired) electrons. The van der Waals surface area contributed by atoms with Crippen molar-refractivity contribution in [1.29, 1.82) is 0 Å². The highest BCUT2D eigenvalue weighted by Gasteiger charge is 1.88. The number of aliphatic hydroxyl groups is 1. The minimum Gasteiger partial charge on any atom is -0.497 e. The van der Waals surface area contributed by atoms with Crippen molar-refractivity contribution in [3.8, 4) is 17.6 Å². The Bertz CT molecular complexity index is 352. The Kier molecular flexibility index (Phi) is 4.33. The van der Waals surface area contributed by atoms with Crippen LogP contribution in [0.25, 0.3) is 6.08 Å². The van der Waals surface area contributed by atoms with Crippen molar-refractivity contribution in [3.63, 3.8) is 0 Å². The molecule has 0 aliphatic carbocycles. The van der Waals surface area contributed by atoms with Crippen molar-refractivity contribution >= 4 is 6.08 Å². The van der Waals surface area contributed by atoms with Gasteiger partial charge in [0.25, 0.3) is 0 Å². The monoisotopic (exact) mass is 188 g/mol. The largest absolute Gasteiger partial charge is 0.497 e. The lowest BCUT2D eigenvalue weighted by Crippen LogP contribution is -1.81. The summed E-state index contributed by atoms with van der Waals surface area (Å²) >= 11 is 0. The molecule has 0 aliphatic heterocycles. The second kappa shape index (κ2) is 5.85. The Morgan fingerprint density at radius 2 is 2.07 bits per heavy atom. The first-order valence-electron chi connectivity index (χ1n) is 4.26. The molecule has 0 heterocycles. The number of hydrogen-bond donors (Lipinski definition) is 1. The molecule has 0 aromatic heterocycles. The van der Waals surface area contributed by atoms with Crippen LogP contribution in [0.4, 0.5) is 0 Å². The van der Waals surface area contributed by atoms with Gasteiger partial charge in [-0.05, 0) is 29.8 Å². The number of benzene rings is 1. The van der Waals surface area contributed by atoms with Crippen LogP contribution in [0.2, 0.25) is 0 Å². The Morgan fingerprint density at radius 3 is 2.64 bits per heavy atom. The summed E-state index contributed by atoms with van der Waals surface area (Å²) < 4.78 is 5.03. The van der Waals surface area contributed by atoms with E-state index in [2.05, 4.69) is 11.8 Å². The molecule has 0 saturated carbocycles. The Morgan fingerprint density at radius 1 is 1.36 bits per heavy atom. The molecule has 1 N–H and O–H groups in total. The highest BCUT2D eigenvalue weighted by atomic mass is 16.5. The summed E-state index contributed by atoms with van der Waals surface area (Å²) in [7, 11) is 1.64. The quantitative estimate of drug-likeness (QED) is 0.716. The highest BCUT2D eigenvalue weighted by Crippen LogP contribution is 2.11. The lowest BCUT2D eigenvalue weighted by Gasteiger charge is -1.98. The van der Waals surface area contributed by atoms with Crippen LogP contribution < -0.4 is 4.74 Å². The van der Waals surface area contributed by atoms with Crippen molar-refractivity contribution in [2.24, 2.45) is 0 Å². The van der Waals surface area contributed by atoms with E-state index in [0.717, 1.165) is 11.3 Å². The van der Waals surface area contributed by atoms with Gasteiger partial charge in [-0.1, -0.05) is 24.0 Å². The van der Waals surface area contributed by atoms with E-state index in [1.54, 1.807) is 13.2 Å². The molecule has 0 spiro atoms. The summed E-state index contributed by atoms with van der Waals surface area (Å²) in [5, 5.41) is 8.41. The van der Waals surface area contributed by atoms with Gasteiger partial charge in [0.15, 0.2) is 0 Å². The van der Waals surface area contributed by atoms with Gasteiger partial charge in [-0.3, -0.25) is 0 Å². The molecule has 1 rings (SSSR count). The fourth-order valence-corrected chi connectivity index (χ4v) is 0.957. The molecule has 0 fully saturated rings. The van der Waals surface area contributed by atoms with Crippen molar-refractivity contribution in [3.05, 3.63) is 35.9 Å². The molecule has 0 bridgehead atoms. The van der Waals surface area contributed by atoms with E-state index in [9.17, 15) is 0 Å². The maximum absolute atomic E-state index is 8.41. The second-order valence-electron chi connectivity index (χ2n) is 2.59. The van der Waals surface area contributed by atoms with Gasteiger partial charge in [0.1, 0.15) is 12.4 Å². The van der Waals surface area contributed by atoms with Gasteiger partial charge in [0.2, 0.25) is 0 Å². The first kappa shape index (κ1) is 10.4. The first-order valence-corrected chi connectivity index (χ1v) is 4.26. The predicted octanol–water partition coefficient (Wildman–Crippen LogP) is 1.70. The zero-order valence-electron chi connectivity index (χ0n) is 8.03. The standard InChI is InChI=1S/C12H12O2/c1-14-12-8-6-11(7-9-12)5-3-2-4-10-13/h3,5-9,13H,10H2,1H3/b5-3+. The van der Waals surface area contributed by atoms with E-state index < -0.39 is 0 Å². The third-order valence-corrected chi connectivity index (χ3v) is 1.66. The van der Waals surface area contributed by atoms with Crippen LogP contribution in [0.5, 0.6) is 5.75 Å². The van der Waals surface area contributed by atoms with Gasteiger partial charge >= 0.3 is 0 Å². The Balaban J connectivity index is 2.64. The average Bonchev–Trinajstić information content (AvgIpc) is 2.25. The van der Waals surface area contributed by atoms with Crippen molar-refractivity contribution in [1.82, 2.24) is 0 Å². The summed E-state index contributed by atoms with van der Waals surface area (Å²) in [6.07, 6.45) is 3.58. The van der Waals surface area contributed by atoms with Gasteiger partial charge < -0.3 is 9.84 Å². The molecular weight excluding hydrogens is 176 g/mol. The van der Waals surface area contributed by atoms with Gasteiger partial charge in [-0.2, -0.15) is 0 Å². The number of hydrogen-bond acceptors (Lipinski definition) is 2. The van der Waals surface area contributed by atoms with Crippen LogP contribution in [0.1, 0.15) is 5.56 Å². The van der Waals surface area contributed by atoms with E-state index >= 15 is 0 Å². The number of ether oxygens (including phenoxy) is 1. The van der Waals surface area contributed by atoms with Crippen LogP contribution in [0.3, 0.4) is 0 Å². The second-order valence-corrected chi connectivity index (χ2v) is 2.59. The fourth-order valence-electron chi connectivity index (χ4n) is 0.957. The molecule has 72 valence electrons. The van der Waals surface area contributed by atoms with Crippen LogP contribution in [0.15, 0.2) is 30.3 Å². The van der Waals surface area contributed by atoms with Crippen molar-refractivity contribution < 1.29 is 9.84 Å². The van der Waals surface area contributed by atoms with E-state index in [4.69, 9.17) is 9.84 Å². The molecule has 2 heteroatoms. The number of allylic oxidation sites excluding steroid dienone is 1. The minimum atomic E-state index is -0.104. The summed E-state index contributed by atoms with van der Waals surface area (Å²) in [6.45, 7) is -0.104. The summed E-state index contributed by atoms with van der Waals surface area (Å²) in [5.74, 6) is 6.07. The van der Waals surface area contributed by atoms with E-state index in [1.165, 1.54) is 0 Å². The highest BCUT2D eigenvalue weighted by molar-refractivity contribution is 5.53. The zero-order valence-corrected chi connectivity index (χ0v) is 8.03. The Hall–Kier alpha value is -1.72. The van der Waals surface area contributed by atoms with Crippen LogP contribution >= 0.6 is 0 Å². The normalized spacial score (nSPS) is 9.57. The lowest BCUT2D eigenvalue weighted by atomic mass is 10.2. The van der Waals surface area contributed by atoms with Gasteiger partial charge in [-0.25, -0.2) is 0 Å². The fraction of sp³-hybridized carbons (Fsp3) is 0.167. The molecular formula is C12H12O2. The van der Waals surface area contributed by atoms with Crippen molar-refractivity contribution in [2.45, 2.75) is 0 Å². The van der Waals surface area contributed by atoms with E-state index in [-0.39, 0.29) is 6.61 Å². The van der Waals surface area contributed by atoms with Crippen LogP contribution in [-0.4, -0.2) is 18.8 Å². The summed E-state index contributed by atoms with van der Waals surface area (Å²) in [4.78, 5) is 0. The van der Waals surface area contributed by atoms with Crippen molar-refractivity contribution in [2.75, 3.05) is 13.7 Å². The smallest absolute Gasteiger partial charge is 0.118 e. The van der Waals surface area contributed by atoms with E-state index in [0.29, 0.717) is 0 Å². The molecule has 0 unspecified atom stereocenters. The summed E-state index contributed by atoms with van der Waals surface area (Å²) in [6, 6.07) is 7.66. The van der Waals surface area contributed by atoms with Gasteiger partial charge in [-0.15, -0.1) is 0 Å². The number of aliphatic hydroxyl groups excluding tert-OH is 1. The molecule has 14 heavy (non-hydrogen) atoms. The maximum atomic E-state index is 8.41. The zero-order chi connectivity index (χ0) is 10.2. The van der Waals surface area contributed by atoms with E-state index in [1.807, 2.05) is 30.3 Å². The Labute approximate surface area is 83.8 Å². The third-order valence-electron chi connectivity index (χ3n) is 1.66. The molecule has 0 aliphatic rings. The molecule has 1 aromatic rings.